The van der Waals surface area contributed by atoms with E-state index in [2.05, 4.69) is 0 Å². The van der Waals surface area contributed by atoms with Gasteiger partial charge in [0.15, 0.2) is 0 Å². The van der Waals surface area contributed by atoms with Crippen LogP contribution in [-0.2, 0) is 0 Å². The molecule has 0 spiro atoms. The van der Waals surface area contributed by atoms with E-state index in [0.29, 0.717) is 5.75 Å². The number of carboxylic acids is 1. The fourth-order valence-electron chi connectivity index (χ4n) is 1.68. The molecule has 0 aliphatic rings. The number of hydrogen-bond acceptors (Lipinski definition) is 4. The molecule has 0 radical (unpaired) electrons. The molecular formula is C15H10ClNO4. The third kappa shape index (κ3) is 3.25. The average molecular weight is 304 g/mol. The molecule has 2 rings (SSSR count). The van der Waals surface area contributed by atoms with Gasteiger partial charge in [0.1, 0.15) is 28.9 Å². The van der Waals surface area contributed by atoms with Crippen LogP contribution in [0.5, 0.6) is 17.2 Å². The molecule has 6 heteroatoms. The maximum absolute atomic E-state index is 11.2. The van der Waals surface area contributed by atoms with E-state index in [1.54, 1.807) is 6.07 Å². The topological polar surface area (TPSA) is 79.5 Å². The van der Waals surface area contributed by atoms with Gasteiger partial charge in [-0.2, -0.15) is 5.26 Å². The summed E-state index contributed by atoms with van der Waals surface area (Å²) in [6, 6.07) is 10.9. The van der Waals surface area contributed by atoms with E-state index in [-0.39, 0.29) is 27.6 Å². The molecule has 0 atom stereocenters. The van der Waals surface area contributed by atoms with E-state index in [1.165, 1.54) is 37.4 Å². The van der Waals surface area contributed by atoms with Crippen LogP contribution in [0.15, 0.2) is 36.4 Å². The van der Waals surface area contributed by atoms with Gasteiger partial charge in [0.2, 0.25) is 0 Å². The van der Waals surface area contributed by atoms with Crippen molar-refractivity contribution in [1.82, 2.24) is 0 Å². The van der Waals surface area contributed by atoms with Crippen molar-refractivity contribution in [1.29, 1.82) is 5.26 Å². The highest BCUT2D eigenvalue weighted by molar-refractivity contribution is 6.31. The molecule has 0 bridgehead atoms. The van der Waals surface area contributed by atoms with Gasteiger partial charge in [-0.3, -0.25) is 0 Å². The largest absolute Gasteiger partial charge is 0.497 e. The number of methoxy groups -OCH3 is 1. The van der Waals surface area contributed by atoms with Crippen molar-refractivity contribution in [2.75, 3.05) is 7.11 Å². The predicted octanol–water partition coefficient (Wildman–Crippen LogP) is 3.71. The van der Waals surface area contributed by atoms with Crippen LogP contribution in [0.1, 0.15) is 15.9 Å². The van der Waals surface area contributed by atoms with Crippen molar-refractivity contribution >= 4 is 17.6 Å². The molecule has 21 heavy (non-hydrogen) atoms. The maximum atomic E-state index is 11.2. The monoisotopic (exact) mass is 303 g/mol. The first-order valence-corrected chi connectivity index (χ1v) is 6.21. The molecule has 0 heterocycles. The van der Waals surface area contributed by atoms with Crippen LogP contribution in [0.4, 0.5) is 0 Å². The fraction of sp³-hybridized carbons (Fsp3) is 0.0667. The van der Waals surface area contributed by atoms with Crippen molar-refractivity contribution in [3.63, 3.8) is 0 Å². The average Bonchev–Trinajstić information content (AvgIpc) is 2.48. The van der Waals surface area contributed by atoms with Gasteiger partial charge < -0.3 is 14.6 Å². The number of hydrogen-bond donors (Lipinski definition) is 1. The second-order valence-corrected chi connectivity index (χ2v) is 4.46. The highest BCUT2D eigenvalue weighted by Gasteiger charge is 2.15. The first kappa shape index (κ1) is 14.7. The van der Waals surface area contributed by atoms with E-state index in [0.717, 1.165) is 0 Å². The van der Waals surface area contributed by atoms with Crippen molar-refractivity contribution in [2.45, 2.75) is 0 Å². The zero-order chi connectivity index (χ0) is 15.4. The molecule has 0 aliphatic carbocycles. The van der Waals surface area contributed by atoms with Gasteiger partial charge in [0.05, 0.1) is 12.7 Å². The number of rotatable bonds is 4. The molecule has 106 valence electrons. The quantitative estimate of drug-likeness (QED) is 0.931. The lowest BCUT2D eigenvalue weighted by Crippen LogP contribution is -2.00. The van der Waals surface area contributed by atoms with E-state index >= 15 is 0 Å². The van der Waals surface area contributed by atoms with E-state index in [4.69, 9.17) is 31.4 Å². The summed E-state index contributed by atoms with van der Waals surface area (Å²) in [4.78, 5) is 11.2. The molecular weight excluding hydrogens is 294 g/mol. The van der Waals surface area contributed by atoms with E-state index in [9.17, 15) is 4.79 Å². The summed E-state index contributed by atoms with van der Waals surface area (Å²) in [5.74, 6) is -0.373. The molecule has 0 saturated carbocycles. The van der Waals surface area contributed by atoms with Crippen LogP contribution in [0.2, 0.25) is 5.02 Å². The first-order valence-electron chi connectivity index (χ1n) is 5.84. The number of carboxylic acid groups (broad SMARTS) is 1. The second kappa shape index (κ2) is 6.16. The van der Waals surface area contributed by atoms with Crippen molar-refractivity contribution in [3.8, 4) is 23.3 Å². The summed E-state index contributed by atoms with van der Waals surface area (Å²) in [5, 5.41) is 18.5. The van der Waals surface area contributed by atoms with Crippen LogP contribution < -0.4 is 9.47 Å². The molecule has 0 aliphatic heterocycles. The summed E-state index contributed by atoms with van der Waals surface area (Å²) in [6.45, 7) is 0. The maximum Gasteiger partial charge on any atom is 0.339 e. The van der Waals surface area contributed by atoms with Gasteiger partial charge in [-0.05, 0) is 30.3 Å². The number of ether oxygens (including phenoxy) is 2. The summed E-state index contributed by atoms with van der Waals surface area (Å²) in [5.41, 5.74) is 0.177. The van der Waals surface area contributed by atoms with Gasteiger partial charge in [0.25, 0.3) is 0 Å². The fourth-order valence-corrected chi connectivity index (χ4v) is 1.86. The number of aromatic carboxylic acids is 1. The minimum atomic E-state index is -1.17. The molecule has 0 fully saturated rings. The third-order valence-electron chi connectivity index (χ3n) is 2.70. The Bertz CT molecular complexity index is 737. The van der Waals surface area contributed by atoms with Crippen LogP contribution in [0.25, 0.3) is 0 Å². The van der Waals surface area contributed by atoms with Gasteiger partial charge in [0, 0.05) is 11.1 Å². The van der Waals surface area contributed by atoms with Crippen LogP contribution in [0.3, 0.4) is 0 Å². The van der Waals surface area contributed by atoms with Crippen molar-refractivity contribution in [3.05, 3.63) is 52.5 Å². The number of nitrogens with zero attached hydrogens (tertiary/aromatic N) is 1. The van der Waals surface area contributed by atoms with E-state index < -0.39 is 5.97 Å². The standard InChI is InChI=1S/C15H10ClNO4/c1-20-11-4-2-9(8-17)14(7-11)21-13-5-3-10(16)6-12(13)15(18)19/h2-7H,1H3,(H,18,19). The summed E-state index contributed by atoms with van der Waals surface area (Å²) >= 11 is 5.78. The molecule has 0 aromatic heterocycles. The predicted molar refractivity (Wildman–Crippen MR) is 76.2 cm³/mol. The van der Waals surface area contributed by atoms with Crippen molar-refractivity contribution < 1.29 is 19.4 Å². The molecule has 0 amide bonds. The highest BCUT2D eigenvalue weighted by atomic mass is 35.5. The summed E-state index contributed by atoms with van der Waals surface area (Å²) in [7, 11) is 1.48. The Hall–Kier alpha value is -2.71. The summed E-state index contributed by atoms with van der Waals surface area (Å²) in [6.07, 6.45) is 0. The Morgan fingerprint density at radius 3 is 2.62 bits per heavy atom. The minimum Gasteiger partial charge on any atom is -0.497 e. The molecule has 2 aromatic rings. The Balaban J connectivity index is 2.47. The van der Waals surface area contributed by atoms with Gasteiger partial charge in [-0.25, -0.2) is 4.79 Å². The first-order chi connectivity index (χ1) is 10.0. The highest BCUT2D eigenvalue weighted by Crippen LogP contribution is 2.32. The van der Waals surface area contributed by atoms with Gasteiger partial charge >= 0.3 is 5.97 Å². The molecule has 5 nitrogen and oxygen atoms in total. The Kier molecular flexibility index (Phi) is 4.31. The zero-order valence-electron chi connectivity index (χ0n) is 11.0. The Morgan fingerprint density at radius 2 is 2.00 bits per heavy atom. The number of nitriles is 1. The van der Waals surface area contributed by atoms with Crippen LogP contribution in [0, 0.1) is 11.3 Å². The lowest BCUT2D eigenvalue weighted by molar-refractivity contribution is 0.0694. The third-order valence-corrected chi connectivity index (χ3v) is 2.94. The Labute approximate surface area is 125 Å². The van der Waals surface area contributed by atoms with E-state index in [1.807, 2.05) is 6.07 Å². The SMILES string of the molecule is COc1ccc(C#N)c(Oc2ccc(Cl)cc2C(=O)O)c1. The number of halogens is 1. The molecule has 2 aromatic carbocycles. The molecule has 0 saturated heterocycles. The molecule has 0 unspecified atom stereocenters. The van der Waals surface area contributed by atoms with Crippen LogP contribution >= 0.6 is 11.6 Å². The lowest BCUT2D eigenvalue weighted by atomic mass is 10.2. The normalized spacial score (nSPS) is 9.76. The van der Waals surface area contributed by atoms with Crippen LogP contribution in [-0.4, -0.2) is 18.2 Å². The minimum absolute atomic E-state index is 0.0887. The zero-order valence-corrected chi connectivity index (χ0v) is 11.7. The van der Waals surface area contributed by atoms with Gasteiger partial charge in [-0.15, -0.1) is 0 Å². The molecule has 1 N–H and O–H groups in total. The lowest BCUT2D eigenvalue weighted by Gasteiger charge is -2.11. The summed E-state index contributed by atoms with van der Waals surface area (Å²) < 4.78 is 10.6. The smallest absolute Gasteiger partial charge is 0.339 e. The Morgan fingerprint density at radius 1 is 1.24 bits per heavy atom. The van der Waals surface area contributed by atoms with Crippen molar-refractivity contribution in [2.24, 2.45) is 0 Å². The van der Waals surface area contributed by atoms with Gasteiger partial charge in [-0.1, -0.05) is 11.6 Å². The number of carbonyl (C=O) groups is 1. The second-order valence-electron chi connectivity index (χ2n) is 4.02. The number of benzene rings is 2.